The smallest absolute Gasteiger partial charge is 0.228 e. The molecule has 0 spiro atoms. The molecule has 0 unspecified atom stereocenters. The monoisotopic (exact) mass is 373 g/mol. The van der Waals surface area contributed by atoms with Crippen LogP contribution in [0.15, 0.2) is 36.8 Å². The number of phenols is 1. The molecule has 7 nitrogen and oxygen atoms in total. The summed E-state index contributed by atoms with van der Waals surface area (Å²) in [7, 11) is 0. The number of carbonyl (C=O) groups excluding carboxylic acids is 1. The molecular formula is C21H19N5O2. The molecule has 1 fully saturated rings. The third-order valence-corrected chi connectivity index (χ3v) is 5.34. The van der Waals surface area contributed by atoms with E-state index in [4.69, 9.17) is 0 Å². The number of anilines is 1. The maximum atomic E-state index is 12.1. The van der Waals surface area contributed by atoms with E-state index in [1.165, 1.54) is 6.33 Å². The Bertz CT molecular complexity index is 1260. The van der Waals surface area contributed by atoms with Gasteiger partial charge in [0.1, 0.15) is 17.9 Å². The van der Waals surface area contributed by atoms with Crippen LogP contribution in [0.25, 0.3) is 27.7 Å². The van der Waals surface area contributed by atoms with Crippen LogP contribution in [-0.4, -0.2) is 30.6 Å². The molecule has 140 valence electrons. The van der Waals surface area contributed by atoms with Crippen molar-refractivity contribution in [3.63, 3.8) is 0 Å². The second-order valence-electron chi connectivity index (χ2n) is 7.35. The molecule has 0 atom stereocenters. The zero-order valence-corrected chi connectivity index (χ0v) is 15.6. The van der Waals surface area contributed by atoms with E-state index in [0.29, 0.717) is 11.5 Å². The van der Waals surface area contributed by atoms with Gasteiger partial charge < -0.3 is 10.4 Å². The Morgan fingerprint density at radius 2 is 2.04 bits per heavy atom. The van der Waals surface area contributed by atoms with Crippen molar-refractivity contribution in [1.29, 1.82) is 0 Å². The van der Waals surface area contributed by atoms with Crippen molar-refractivity contribution >= 4 is 28.3 Å². The lowest BCUT2D eigenvalue weighted by Gasteiger charge is -2.14. The largest absolute Gasteiger partial charge is 0.508 e. The molecule has 1 amide bonds. The zero-order chi connectivity index (χ0) is 19.4. The lowest BCUT2D eigenvalue weighted by atomic mass is 9.95. The van der Waals surface area contributed by atoms with E-state index in [0.717, 1.165) is 46.0 Å². The molecule has 0 aliphatic heterocycles. The van der Waals surface area contributed by atoms with Gasteiger partial charge in [-0.1, -0.05) is 6.07 Å². The van der Waals surface area contributed by atoms with E-state index in [2.05, 4.69) is 20.4 Å². The Morgan fingerprint density at radius 1 is 1.21 bits per heavy atom. The summed E-state index contributed by atoms with van der Waals surface area (Å²) in [6.07, 6.45) is 5.13. The Labute approximate surface area is 161 Å². The van der Waals surface area contributed by atoms with Crippen molar-refractivity contribution in [3.8, 4) is 16.9 Å². The van der Waals surface area contributed by atoms with Crippen LogP contribution < -0.4 is 5.32 Å². The molecule has 4 aromatic rings. The van der Waals surface area contributed by atoms with Gasteiger partial charge in [0, 0.05) is 29.1 Å². The van der Waals surface area contributed by atoms with E-state index in [1.54, 1.807) is 16.8 Å². The van der Waals surface area contributed by atoms with Gasteiger partial charge in [-0.25, -0.2) is 14.5 Å². The van der Waals surface area contributed by atoms with Crippen LogP contribution in [0.1, 0.15) is 24.0 Å². The van der Waals surface area contributed by atoms with Gasteiger partial charge in [-0.15, -0.1) is 0 Å². The fourth-order valence-electron chi connectivity index (χ4n) is 3.65. The number of nitrogens with one attached hydrogen (secondary N) is 1. The average molecular weight is 373 g/mol. The first kappa shape index (κ1) is 16.7. The molecular weight excluding hydrogens is 354 g/mol. The first-order valence-electron chi connectivity index (χ1n) is 9.26. The van der Waals surface area contributed by atoms with Crippen molar-refractivity contribution in [1.82, 2.24) is 19.6 Å². The average Bonchev–Trinajstić information content (AvgIpc) is 3.42. The lowest BCUT2D eigenvalue weighted by molar-refractivity contribution is -0.117. The predicted octanol–water partition coefficient (Wildman–Crippen LogP) is 3.62. The highest BCUT2D eigenvalue weighted by atomic mass is 16.3. The van der Waals surface area contributed by atoms with Gasteiger partial charge >= 0.3 is 0 Å². The molecule has 0 bridgehead atoms. The van der Waals surface area contributed by atoms with Gasteiger partial charge in [0.05, 0.1) is 5.52 Å². The summed E-state index contributed by atoms with van der Waals surface area (Å²) in [4.78, 5) is 20.9. The van der Waals surface area contributed by atoms with E-state index in [1.807, 2.05) is 32.0 Å². The van der Waals surface area contributed by atoms with Crippen molar-refractivity contribution in [2.24, 2.45) is 5.92 Å². The number of pyridine rings is 2. The molecule has 3 aromatic heterocycles. The van der Waals surface area contributed by atoms with Crippen LogP contribution in [0, 0.1) is 19.8 Å². The summed E-state index contributed by atoms with van der Waals surface area (Å²) in [5.74, 6) is 0.889. The molecule has 7 heteroatoms. The zero-order valence-electron chi connectivity index (χ0n) is 15.6. The number of aromatic nitrogens is 4. The van der Waals surface area contributed by atoms with Crippen LogP contribution in [-0.2, 0) is 4.79 Å². The number of rotatable bonds is 3. The van der Waals surface area contributed by atoms with Crippen molar-refractivity contribution in [2.75, 3.05) is 5.32 Å². The summed E-state index contributed by atoms with van der Waals surface area (Å²) >= 11 is 0. The fourth-order valence-corrected chi connectivity index (χ4v) is 3.65. The number of benzene rings is 1. The summed E-state index contributed by atoms with van der Waals surface area (Å²) in [5.41, 5.74) is 5.16. The third-order valence-electron chi connectivity index (χ3n) is 5.34. The van der Waals surface area contributed by atoms with Gasteiger partial charge in [-0.05, 0) is 55.5 Å². The van der Waals surface area contributed by atoms with E-state index in [9.17, 15) is 9.90 Å². The van der Waals surface area contributed by atoms with Gasteiger partial charge in [0.2, 0.25) is 5.91 Å². The molecule has 1 aliphatic carbocycles. The predicted molar refractivity (Wildman–Crippen MR) is 106 cm³/mol. The van der Waals surface area contributed by atoms with Crippen LogP contribution in [0.3, 0.4) is 0 Å². The third kappa shape index (κ3) is 2.58. The number of amides is 1. The van der Waals surface area contributed by atoms with E-state index < -0.39 is 0 Å². The highest BCUT2D eigenvalue weighted by Gasteiger charge is 2.29. The number of carbonyl (C=O) groups is 1. The number of aromatic hydroxyl groups is 1. The summed E-state index contributed by atoms with van der Waals surface area (Å²) in [5, 5.41) is 18.3. The van der Waals surface area contributed by atoms with Crippen LogP contribution in [0.2, 0.25) is 0 Å². The minimum Gasteiger partial charge on any atom is -0.508 e. The Morgan fingerprint density at radius 3 is 2.82 bits per heavy atom. The van der Waals surface area contributed by atoms with Gasteiger partial charge in [-0.3, -0.25) is 4.79 Å². The molecule has 2 N–H and O–H groups in total. The van der Waals surface area contributed by atoms with Crippen LogP contribution >= 0.6 is 0 Å². The van der Waals surface area contributed by atoms with E-state index in [-0.39, 0.29) is 17.6 Å². The topological polar surface area (TPSA) is 92.4 Å². The van der Waals surface area contributed by atoms with Crippen molar-refractivity contribution < 1.29 is 9.90 Å². The minimum atomic E-state index is 0.0179. The summed E-state index contributed by atoms with van der Waals surface area (Å²) in [6.45, 7) is 3.90. The number of fused-ring (bicyclic) bond motifs is 3. The van der Waals surface area contributed by atoms with Crippen molar-refractivity contribution in [3.05, 3.63) is 47.9 Å². The summed E-state index contributed by atoms with van der Waals surface area (Å²) < 4.78 is 1.75. The van der Waals surface area contributed by atoms with Crippen LogP contribution in [0.5, 0.6) is 5.75 Å². The van der Waals surface area contributed by atoms with Gasteiger partial charge in [-0.2, -0.15) is 5.10 Å². The lowest BCUT2D eigenvalue weighted by Crippen LogP contribution is -2.14. The molecule has 5 rings (SSSR count). The number of phenolic OH excluding ortho intramolecular Hbond substituents is 1. The second-order valence-corrected chi connectivity index (χ2v) is 7.35. The Hall–Kier alpha value is -3.48. The molecule has 28 heavy (non-hydrogen) atoms. The maximum absolute atomic E-state index is 12.1. The van der Waals surface area contributed by atoms with Crippen LogP contribution in [0.4, 0.5) is 5.82 Å². The normalized spacial score (nSPS) is 13.9. The number of aryl methyl sites for hydroxylation is 1. The molecule has 0 radical (unpaired) electrons. The number of nitrogens with zero attached hydrogens (tertiary/aromatic N) is 4. The van der Waals surface area contributed by atoms with Gasteiger partial charge in [0.15, 0.2) is 5.65 Å². The number of hydrogen-bond donors (Lipinski definition) is 2. The fraction of sp³-hybridized carbons (Fsp3) is 0.238. The van der Waals surface area contributed by atoms with Gasteiger partial charge in [0.25, 0.3) is 0 Å². The Kier molecular flexibility index (Phi) is 3.58. The standard InChI is InChI=1S/C21H19N5O2/c1-11-3-6-17(27)12(2)19(11)15-7-14-9-22-18(25-21(28)13-4-5-13)8-16(14)26-20(15)23-10-24-26/h3,6-10,13,27H,4-5H2,1-2H3,(H,22,25,28). The first-order chi connectivity index (χ1) is 13.5. The summed E-state index contributed by atoms with van der Waals surface area (Å²) in [6, 6.07) is 7.42. The van der Waals surface area contributed by atoms with Crippen molar-refractivity contribution in [2.45, 2.75) is 26.7 Å². The molecule has 1 saturated carbocycles. The second kappa shape index (κ2) is 6.02. The molecule has 1 aliphatic rings. The Balaban J connectivity index is 1.71. The number of hydrogen-bond acceptors (Lipinski definition) is 5. The maximum Gasteiger partial charge on any atom is 0.228 e. The van der Waals surface area contributed by atoms with E-state index >= 15 is 0 Å². The minimum absolute atomic E-state index is 0.0179. The molecule has 3 heterocycles. The SMILES string of the molecule is Cc1ccc(O)c(C)c1-c1cc2cnc(NC(=O)C3CC3)cc2n2ncnc12. The quantitative estimate of drug-likeness (QED) is 0.572. The molecule has 0 saturated heterocycles. The highest BCUT2D eigenvalue weighted by Crippen LogP contribution is 2.36. The molecule has 1 aromatic carbocycles. The first-order valence-corrected chi connectivity index (χ1v) is 9.26. The highest BCUT2D eigenvalue weighted by molar-refractivity contribution is 5.97.